The summed E-state index contributed by atoms with van der Waals surface area (Å²) in [5, 5.41) is 1.25. The van der Waals surface area contributed by atoms with E-state index < -0.39 is 0 Å². The largest absolute Gasteiger partial charge is 0.309 e. The number of fused-ring (bicyclic) bond motifs is 1. The Morgan fingerprint density at radius 3 is 2.55 bits per heavy atom. The number of thiazole rings is 1. The zero-order valence-corrected chi connectivity index (χ0v) is 18.5. The van der Waals surface area contributed by atoms with Crippen LogP contribution >= 0.6 is 11.3 Å². The van der Waals surface area contributed by atoms with Crippen molar-refractivity contribution in [2.45, 2.75) is 32.6 Å². The Hall–Kier alpha value is -2.23. The highest BCUT2D eigenvalue weighted by atomic mass is 32.1. The first-order valence-corrected chi connectivity index (χ1v) is 11.4. The Balaban J connectivity index is 1.48. The molecular formula is C26H30N2S. The van der Waals surface area contributed by atoms with Gasteiger partial charge in [-0.3, -0.25) is 0 Å². The summed E-state index contributed by atoms with van der Waals surface area (Å²) in [5.74, 6) is 0.555. The van der Waals surface area contributed by atoms with Crippen LogP contribution in [0.2, 0.25) is 0 Å². The third kappa shape index (κ3) is 4.68. The van der Waals surface area contributed by atoms with Crippen LogP contribution in [0, 0.1) is 5.92 Å². The minimum atomic E-state index is 0.555. The molecule has 1 unspecified atom stereocenters. The summed E-state index contributed by atoms with van der Waals surface area (Å²) in [6.45, 7) is 3.52. The SMILES string of the molecule is CC(CCc1ncc(-c2ccccc2)s1)C1=C(CCN(C)C)Cc2ccccc21. The van der Waals surface area contributed by atoms with E-state index in [0.717, 1.165) is 32.2 Å². The third-order valence-electron chi connectivity index (χ3n) is 5.85. The molecule has 0 radical (unpaired) electrons. The molecule has 4 rings (SSSR count). The molecule has 3 heteroatoms. The molecule has 1 aliphatic carbocycles. The number of aromatic nitrogens is 1. The number of hydrogen-bond donors (Lipinski definition) is 0. The van der Waals surface area contributed by atoms with Crippen LogP contribution in [0.5, 0.6) is 0 Å². The first-order valence-electron chi connectivity index (χ1n) is 10.6. The van der Waals surface area contributed by atoms with Gasteiger partial charge in [0.1, 0.15) is 0 Å². The van der Waals surface area contributed by atoms with Gasteiger partial charge >= 0.3 is 0 Å². The fourth-order valence-corrected chi connectivity index (χ4v) is 5.23. The van der Waals surface area contributed by atoms with Crippen LogP contribution in [0.1, 0.15) is 35.9 Å². The zero-order chi connectivity index (χ0) is 20.2. The Morgan fingerprint density at radius 2 is 1.76 bits per heavy atom. The van der Waals surface area contributed by atoms with Crippen molar-refractivity contribution in [2.75, 3.05) is 20.6 Å². The molecule has 0 aliphatic heterocycles. The lowest BCUT2D eigenvalue weighted by Crippen LogP contribution is -2.14. The molecule has 0 bridgehead atoms. The van der Waals surface area contributed by atoms with Gasteiger partial charge in [0.25, 0.3) is 0 Å². The van der Waals surface area contributed by atoms with Gasteiger partial charge in [-0.25, -0.2) is 4.98 Å². The Bertz CT molecular complexity index is 985. The summed E-state index contributed by atoms with van der Waals surface area (Å²) in [6.07, 6.45) is 6.52. The van der Waals surface area contributed by atoms with E-state index in [9.17, 15) is 0 Å². The normalized spacial score (nSPS) is 14.5. The minimum Gasteiger partial charge on any atom is -0.309 e. The van der Waals surface area contributed by atoms with E-state index in [1.165, 1.54) is 26.6 Å². The van der Waals surface area contributed by atoms with Crippen molar-refractivity contribution in [1.82, 2.24) is 9.88 Å². The van der Waals surface area contributed by atoms with E-state index in [-0.39, 0.29) is 0 Å². The second kappa shape index (κ2) is 9.06. The Morgan fingerprint density at radius 1 is 1.00 bits per heavy atom. The van der Waals surface area contributed by atoms with Gasteiger partial charge in [-0.1, -0.05) is 67.1 Å². The number of hydrogen-bond acceptors (Lipinski definition) is 3. The predicted octanol–water partition coefficient (Wildman–Crippen LogP) is 6.34. The van der Waals surface area contributed by atoms with Crippen molar-refractivity contribution in [1.29, 1.82) is 0 Å². The number of aryl methyl sites for hydroxylation is 1. The fraction of sp³-hybridized carbons (Fsp3) is 0.346. The number of rotatable bonds is 8. The topological polar surface area (TPSA) is 16.1 Å². The van der Waals surface area contributed by atoms with E-state index in [2.05, 4.69) is 80.5 Å². The van der Waals surface area contributed by atoms with Gasteiger partial charge in [-0.15, -0.1) is 11.3 Å². The molecule has 0 spiro atoms. The van der Waals surface area contributed by atoms with Crippen LogP contribution in [0.25, 0.3) is 16.0 Å². The lowest BCUT2D eigenvalue weighted by molar-refractivity contribution is 0.412. The highest BCUT2D eigenvalue weighted by molar-refractivity contribution is 7.15. The van der Waals surface area contributed by atoms with E-state index in [1.54, 1.807) is 11.1 Å². The molecule has 150 valence electrons. The number of nitrogens with zero attached hydrogens (tertiary/aromatic N) is 2. The van der Waals surface area contributed by atoms with Crippen LogP contribution in [0.4, 0.5) is 0 Å². The molecule has 2 aromatic carbocycles. The molecule has 0 saturated heterocycles. The van der Waals surface area contributed by atoms with Crippen LogP contribution < -0.4 is 0 Å². The molecular weight excluding hydrogens is 372 g/mol. The summed E-state index contributed by atoms with van der Waals surface area (Å²) in [6, 6.07) is 19.6. The molecule has 2 nitrogen and oxygen atoms in total. The summed E-state index contributed by atoms with van der Waals surface area (Å²) in [7, 11) is 4.33. The molecule has 1 atom stereocenters. The number of benzene rings is 2. The quantitative estimate of drug-likeness (QED) is 0.437. The lowest BCUT2D eigenvalue weighted by atomic mass is 9.89. The van der Waals surface area contributed by atoms with Gasteiger partial charge in [0, 0.05) is 12.7 Å². The Kier molecular flexibility index (Phi) is 6.27. The van der Waals surface area contributed by atoms with E-state index in [1.807, 2.05) is 17.5 Å². The van der Waals surface area contributed by atoms with Crippen LogP contribution in [-0.2, 0) is 12.8 Å². The van der Waals surface area contributed by atoms with Crippen molar-refractivity contribution < 1.29 is 0 Å². The van der Waals surface area contributed by atoms with E-state index >= 15 is 0 Å². The second-order valence-corrected chi connectivity index (χ2v) is 9.44. The van der Waals surface area contributed by atoms with Crippen LogP contribution in [-0.4, -0.2) is 30.5 Å². The summed E-state index contributed by atoms with van der Waals surface area (Å²) in [4.78, 5) is 8.27. The van der Waals surface area contributed by atoms with E-state index in [0.29, 0.717) is 5.92 Å². The third-order valence-corrected chi connectivity index (χ3v) is 6.96. The average Bonchev–Trinajstić information content (AvgIpc) is 3.35. The first kappa shape index (κ1) is 20.1. The van der Waals surface area contributed by atoms with Gasteiger partial charge < -0.3 is 4.90 Å². The molecule has 1 aromatic heterocycles. The molecule has 1 heterocycles. The van der Waals surface area contributed by atoms with Crippen molar-refractivity contribution in [3.8, 4) is 10.4 Å². The smallest absolute Gasteiger partial charge is 0.0931 e. The molecule has 0 fully saturated rings. The summed E-state index contributed by atoms with van der Waals surface area (Å²) < 4.78 is 0. The van der Waals surface area contributed by atoms with Gasteiger partial charge in [0.2, 0.25) is 0 Å². The van der Waals surface area contributed by atoms with Crippen LogP contribution in [0.15, 0.2) is 66.4 Å². The maximum absolute atomic E-state index is 4.71. The molecule has 0 amide bonds. The molecule has 1 aliphatic rings. The van der Waals surface area contributed by atoms with Crippen molar-refractivity contribution in [3.05, 3.63) is 82.5 Å². The van der Waals surface area contributed by atoms with Crippen molar-refractivity contribution in [2.24, 2.45) is 5.92 Å². The Labute approximate surface area is 178 Å². The average molecular weight is 403 g/mol. The van der Waals surface area contributed by atoms with Crippen molar-refractivity contribution in [3.63, 3.8) is 0 Å². The molecule has 0 N–H and O–H groups in total. The molecule has 3 aromatic rings. The maximum atomic E-state index is 4.71. The van der Waals surface area contributed by atoms with Gasteiger partial charge in [-0.2, -0.15) is 0 Å². The summed E-state index contributed by atoms with van der Waals surface area (Å²) >= 11 is 1.84. The standard InChI is InChI=1S/C26H30N2S/c1-19(13-14-25-27-18-24(29-25)20-9-5-4-6-10-20)26-22(15-16-28(2)3)17-21-11-7-8-12-23(21)26/h4-12,18-19H,13-17H2,1-3H3. The van der Waals surface area contributed by atoms with Gasteiger partial charge in [0.05, 0.1) is 9.88 Å². The predicted molar refractivity (Wildman–Crippen MR) is 125 cm³/mol. The molecule has 0 saturated carbocycles. The number of allylic oxidation sites excluding steroid dienone is 1. The van der Waals surface area contributed by atoms with Gasteiger partial charge in [0.15, 0.2) is 0 Å². The first-order chi connectivity index (χ1) is 14.1. The minimum absolute atomic E-state index is 0.555. The van der Waals surface area contributed by atoms with Crippen LogP contribution in [0.3, 0.4) is 0 Å². The maximum Gasteiger partial charge on any atom is 0.0931 e. The fourth-order valence-electron chi connectivity index (χ4n) is 4.29. The lowest BCUT2D eigenvalue weighted by Gasteiger charge is -2.18. The molecule has 29 heavy (non-hydrogen) atoms. The van der Waals surface area contributed by atoms with Crippen molar-refractivity contribution >= 4 is 16.9 Å². The zero-order valence-electron chi connectivity index (χ0n) is 17.7. The summed E-state index contributed by atoms with van der Waals surface area (Å²) in [5.41, 5.74) is 7.49. The second-order valence-electron chi connectivity index (χ2n) is 8.33. The highest BCUT2D eigenvalue weighted by Gasteiger charge is 2.25. The van der Waals surface area contributed by atoms with Gasteiger partial charge in [-0.05, 0) is 68.0 Å². The monoisotopic (exact) mass is 402 g/mol. The highest BCUT2D eigenvalue weighted by Crippen LogP contribution is 2.40. The van der Waals surface area contributed by atoms with E-state index in [4.69, 9.17) is 4.98 Å².